The molecular formula is C14H16N2O. The van der Waals surface area contributed by atoms with E-state index in [0.717, 1.165) is 18.5 Å². The van der Waals surface area contributed by atoms with Crippen LogP contribution < -0.4 is 10.6 Å². The van der Waals surface area contributed by atoms with Crippen molar-refractivity contribution in [1.29, 1.82) is 0 Å². The van der Waals surface area contributed by atoms with Crippen LogP contribution in [0.15, 0.2) is 24.3 Å². The van der Waals surface area contributed by atoms with Gasteiger partial charge in [-0.15, -0.1) is 12.3 Å². The summed E-state index contributed by atoms with van der Waals surface area (Å²) in [4.78, 5) is 11.9. The maximum atomic E-state index is 11.9. The van der Waals surface area contributed by atoms with E-state index in [1.165, 1.54) is 5.56 Å². The van der Waals surface area contributed by atoms with Gasteiger partial charge in [0.1, 0.15) is 6.04 Å². The fourth-order valence-corrected chi connectivity index (χ4v) is 1.98. The van der Waals surface area contributed by atoms with Crippen LogP contribution >= 0.6 is 0 Å². The van der Waals surface area contributed by atoms with Gasteiger partial charge in [-0.3, -0.25) is 4.79 Å². The third-order valence-corrected chi connectivity index (χ3v) is 2.88. The maximum absolute atomic E-state index is 11.9. The van der Waals surface area contributed by atoms with Gasteiger partial charge in [-0.25, -0.2) is 0 Å². The molecule has 0 bridgehead atoms. The number of amides is 1. The van der Waals surface area contributed by atoms with E-state index < -0.39 is 0 Å². The average Bonchev–Trinajstić information content (AvgIpc) is 2.78. The van der Waals surface area contributed by atoms with Crippen molar-refractivity contribution in [2.75, 3.05) is 11.9 Å². The Morgan fingerprint density at radius 2 is 2.35 bits per heavy atom. The molecule has 1 heterocycles. The van der Waals surface area contributed by atoms with Gasteiger partial charge >= 0.3 is 0 Å². The Morgan fingerprint density at radius 1 is 1.53 bits per heavy atom. The third-order valence-electron chi connectivity index (χ3n) is 2.88. The topological polar surface area (TPSA) is 41.1 Å². The quantitative estimate of drug-likeness (QED) is 0.606. The van der Waals surface area contributed by atoms with Gasteiger partial charge < -0.3 is 10.6 Å². The van der Waals surface area contributed by atoms with E-state index in [4.69, 9.17) is 6.42 Å². The molecule has 0 aromatic heterocycles. The highest BCUT2D eigenvalue weighted by Gasteiger charge is 2.25. The molecule has 1 atom stereocenters. The molecule has 17 heavy (non-hydrogen) atoms. The lowest BCUT2D eigenvalue weighted by Crippen LogP contribution is -2.38. The molecule has 1 amide bonds. The standard InChI is InChI=1S/C14H16N2O/c1-2-3-6-9-15-14(17)13-10-11-7-4-5-8-12(11)16-13/h1,4-5,7-8,13,16H,3,6,9-10H2,(H,15,17)/t13-/m0/s1. The van der Waals surface area contributed by atoms with Gasteiger partial charge in [0, 0.05) is 25.1 Å². The number of anilines is 1. The maximum Gasteiger partial charge on any atom is 0.242 e. The molecule has 88 valence electrons. The minimum atomic E-state index is -0.141. The summed E-state index contributed by atoms with van der Waals surface area (Å²) in [6, 6.07) is 7.88. The molecule has 3 heteroatoms. The number of fused-ring (bicyclic) bond motifs is 1. The van der Waals surface area contributed by atoms with Crippen molar-refractivity contribution < 1.29 is 4.79 Å². The van der Waals surface area contributed by atoms with Crippen molar-refractivity contribution in [3.8, 4) is 12.3 Å². The smallest absolute Gasteiger partial charge is 0.242 e. The van der Waals surface area contributed by atoms with E-state index in [9.17, 15) is 4.79 Å². The number of carbonyl (C=O) groups excluding carboxylic acids is 1. The van der Waals surface area contributed by atoms with Crippen LogP contribution in [-0.4, -0.2) is 18.5 Å². The third kappa shape index (κ3) is 2.79. The first-order chi connectivity index (χ1) is 8.31. The summed E-state index contributed by atoms with van der Waals surface area (Å²) < 4.78 is 0. The molecule has 0 unspecified atom stereocenters. The van der Waals surface area contributed by atoms with Crippen LogP contribution in [0, 0.1) is 12.3 Å². The lowest BCUT2D eigenvalue weighted by atomic mass is 10.1. The highest BCUT2D eigenvalue weighted by Crippen LogP contribution is 2.24. The number of unbranched alkanes of at least 4 members (excludes halogenated alkanes) is 1. The second-order valence-electron chi connectivity index (χ2n) is 4.16. The van der Waals surface area contributed by atoms with Gasteiger partial charge in [0.05, 0.1) is 0 Å². The minimum absolute atomic E-state index is 0.0539. The summed E-state index contributed by atoms with van der Waals surface area (Å²) in [6.07, 6.45) is 7.45. The summed E-state index contributed by atoms with van der Waals surface area (Å²) in [5.74, 6) is 2.61. The van der Waals surface area contributed by atoms with Gasteiger partial charge in [0.25, 0.3) is 0 Å². The van der Waals surface area contributed by atoms with Crippen molar-refractivity contribution >= 4 is 11.6 Å². The summed E-state index contributed by atoms with van der Waals surface area (Å²) in [7, 11) is 0. The number of benzene rings is 1. The number of terminal acetylenes is 1. The fourth-order valence-electron chi connectivity index (χ4n) is 1.98. The molecular weight excluding hydrogens is 212 g/mol. The van der Waals surface area contributed by atoms with Crippen LogP contribution in [0.3, 0.4) is 0 Å². The Hall–Kier alpha value is -1.95. The Labute approximate surface area is 102 Å². The van der Waals surface area contributed by atoms with E-state index in [1.807, 2.05) is 24.3 Å². The van der Waals surface area contributed by atoms with Gasteiger partial charge in [-0.1, -0.05) is 18.2 Å². The Bertz CT molecular complexity index is 423. The lowest BCUT2D eigenvalue weighted by Gasteiger charge is -2.11. The molecule has 1 aliphatic rings. The number of para-hydroxylation sites is 1. The zero-order valence-corrected chi connectivity index (χ0v) is 9.70. The van der Waals surface area contributed by atoms with Crippen LogP contribution in [-0.2, 0) is 11.2 Å². The normalized spacial score (nSPS) is 16.8. The number of hydrogen-bond acceptors (Lipinski definition) is 2. The summed E-state index contributed by atoms with van der Waals surface area (Å²) >= 11 is 0. The highest BCUT2D eigenvalue weighted by molar-refractivity contribution is 5.87. The van der Waals surface area contributed by atoms with Crippen molar-refractivity contribution in [2.24, 2.45) is 0 Å². The second-order valence-corrected chi connectivity index (χ2v) is 4.16. The number of nitrogens with one attached hydrogen (secondary N) is 2. The molecule has 2 rings (SSSR count). The number of hydrogen-bond donors (Lipinski definition) is 2. The van der Waals surface area contributed by atoms with Crippen molar-refractivity contribution in [3.05, 3.63) is 29.8 Å². The molecule has 2 N–H and O–H groups in total. The molecule has 1 aromatic rings. The highest BCUT2D eigenvalue weighted by atomic mass is 16.2. The first-order valence-corrected chi connectivity index (χ1v) is 5.87. The SMILES string of the molecule is C#CCCCNC(=O)[C@@H]1Cc2ccccc2N1. The largest absolute Gasteiger partial charge is 0.373 e. The molecule has 0 radical (unpaired) electrons. The second kappa shape index (κ2) is 5.40. The van der Waals surface area contributed by atoms with Crippen LogP contribution in [0.2, 0.25) is 0 Å². The fraction of sp³-hybridized carbons (Fsp3) is 0.357. The first kappa shape index (κ1) is 11.5. The van der Waals surface area contributed by atoms with Crippen LogP contribution in [0.4, 0.5) is 5.69 Å². The van der Waals surface area contributed by atoms with E-state index in [2.05, 4.69) is 16.6 Å². The monoisotopic (exact) mass is 228 g/mol. The molecule has 3 nitrogen and oxygen atoms in total. The van der Waals surface area contributed by atoms with Crippen molar-refractivity contribution in [2.45, 2.75) is 25.3 Å². The Balaban J connectivity index is 1.82. The molecule has 0 saturated heterocycles. The predicted octanol–water partition coefficient (Wildman–Crippen LogP) is 1.55. The van der Waals surface area contributed by atoms with Crippen LogP contribution in [0.25, 0.3) is 0 Å². The predicted molar refractivity (Wildman–Crippen MR) is 68.6 cm³/mol. The van der Waals surface area contributed by atoms with Crippen LogP contribution in [0.1, 0.15) is 18.4 Å². The first-order valence-electron chi connectivity index (χ1n) is 5.87. The molecule has 0 spiro atoms. The van der Waals surface area contributed by atoms with Crippen molar-refractivity contribution in [1.82, 2.24) is 5.32 Å². The molecule has 1 aliphatic heterocycles. The Morgan fingerprint density at radius 3 is 3.12 bits per heavy atom. The summed E-state index contributed by atoms with van der Waals surface area (Å²) in [6.45, 7) is 0.650. The van der Waals surface area contributed by atoms with Gasteiger partial charge in [-0.05, 0) is 18.1 Å². The summed E-state index contributed by atoms with van der Waals surface area (Å²) in [5, 5.41) is 6.12. The van der Waals surface area contributed by atoms with Gasteiger partial charge in [0.15, 0.2) is 0 Å². The summed E-state index contributed by atoms with van der Waals surface area (Å²) in [5.41, 5.74) is 2.27. The molecule has 0 saturated carbocycles. The van der Waals surface area contributed by atoms with Crippen LogP contribution in [0.5, 0.6) is 0 Å². The van der Waals surface area contributed by atoms with E-state index >= 15 is 0 Å². The van der Waals surface area contributed by atoms with Gasteiger partial charge in [0.2, 0.25) is 5.91 Å². The van der Waals surface area contributed by atoms with E-state index in [0.29, 0.717) is 13.0 Å². The van der Waals surface area contributed by atoms with E-state index in [-0.39, 0.29) is 11.9 Å². The van der Waals surface area contributed by atoms with Crippen molar-refractivity contribution in [3.63, 3.8) is 0 Å². The molecule has 1 aromatic carbocycles. The number of carbonyl (C=O) groups is 1. The van der Waals surface area contributed by atoms with E-state index in [1.54, 1.807) is 0 Å². The molecule has 0 aliphatic carbocycles. The zero-order valence-electron chi connectivity index (χ0n) is 9.70. The molecule has 0 fully saturated rings. The number of rotatable bonds is 4. The minimum Gasteiger partial charge on any atom is -0.373 e. The zero-order chi connectivity index (χ0) is 12.1. The average molecular weight is 228 g/mol. The Kier molecular flexibility index (Phi) is 3.66. The lowest BCUT2D eigenvalue weighted by molar-refractivity contribution is -0.121. The van der Waals surface area contributed by atoms with Gasteiger partial charge in [-0.2, -0.15) is 0 Å².